The van der Waals surface area contributed by atoms with E-state index in [1.165, 1.54) is 18.5 Å². The molecule has 1 aliphatic rings. The highest BCUT2D eigenvalue weighted by Gasteiger charge is 2.25. The fourth-order valence-electron chi connectivity index (χ4n) is 2.77. The Bertz CT molecular complexity index is 390. The second-order valence-electron chi connectivity index (χ2n) is 5.57. The van der Waals surface area contributed by atoms with E-state index in [4.69, 9.17) is 4.74 Å². The van der Waals surface area contributed by atoms with E-state index in [9.17, 15) is 0 Å². The molecule has 1 saturated heterocycles. The lowest BCUT2D eigenvalue weighted by atomic mass is 10.0. The average molecular weight is 276 g/mol. The SMILES string of the molecule is CCCOc1ccc(N2CC(CC)NCC2CC)cc1. The second kappa shape index (κ2) is 7.53. The number of hydrogen-bond donors (Lipinski definition) is 1. The van der Waals surface area contributed by atoms with Gasteiger partial charge in [0.1, 0.15) is 5.75 Å². The largest absolute Gasteiger partial charge is 0.494 e. The first-order valence-corrected chi connectivity index (χ1v) is 8.01. The van der Waals surface area contributed by atoms with Gasteiger partial charge in [0, 0.05) is 30.9 Å². The van der Waals surface area contributed by atoms with Crippen molar-refractivity contribution in [2.75, 3.05) is 24.6 Å². The van der Waals surface area contributed by atoms with E-state index in [1.807, 2.05) is 0 Å². The van der Waals surface area contributed by atoms with Crippen molar-refractivity contribution in [2.45, 2.75) is 52.1 Å². The molecule has 1 heterocycles. The Morgan fingerprint density at radius 3 is 2.50 bits per heavy atom. The highest BCUT2D eigenvalue weighted by molar-refractivity contribution is 5.50. The Morgan fingerprint density at radius 2 is 1.90 bits per heavy atom. The molecule has 1 aromatic carbocycles. The van der Waals surface area contributed by atoms with Gasteiger partial charge in [-0.25, -0.2) is 0 Å². The van der Waals surface area contributed by atoms with Crippen LogP contribution in [0.5, 0.6) is 5.75 Å². The zero-order valence-corrected chi connectivity index (χ0v) is 13.1. The van der Waals surface area contributed by atoms with E-state index < -0.39 is 0 Å². The smallest absolute Gasteiger partial charge is 0.119 e. The van der Waals surface area contributed by atoms with Crippen LogP contribution in [0.25, 0.3) is 0 Å². The number of nitrogens with one attached hydrogen (secondary N) is 1. The fraction of sp³-hybridized carbons (Fsp3) is 0.647. The van der Waals surface area contributed by atoms with Crippen LogP contribution in [-0.2, 0) is 0 Å². The molecule has 0 bridgehead atoms. The molecule has 0 amide bonds. The standard InChI is InChI=1S/C17H28N2O/c1-4-11-20-17-9-7-16(8-10-17)19-13-14(5-2)18-12-15(19)6-3/h7-10,14-15,18H,4-6,11-13H2,1-3H3. The number of benzene rings is 1. The van der Waals surface area contributed by atoms with Gasteiger partial charge in [-0.15, -0.1) is 0 Å². The lowest BCUT2D eigenvalue weighted by Gasteiger charge is -2.41. The van der Waals surface area contributed by atoms with Gasteiger partial charge in [0.05, 0.1) is 6.61 Å². The molecule has 112 valence electrons. The number of ether oxygens (including phenoxy) is 1. The zero-order valence-electron chi connectivity index (χ0n) is 13.1. The lowest BCUT2D eigenvalue weighted by Crippen LogP contribution is -2.56. The summed E-state index contributed by atoms with van der Waals surface area (Å²) < 4.78 is 5.66. The van der Waals surface area contributed by atoms with Crippen LogP contribution >= 0.6 is 0 Å². The molecule has 0 saturated carbocycles. The van der Waals surface area contributed by atoms with Gasteiger partial charge in [0.25, 0.3) is 0 Å². The number of rotatable bonds is 6. The van der Waals surface area contributed by atoms with Crippen LogP contribution in [0.3, 0.4) is 0 Å². The monoisotopic (exact) mass is 276 g/mol. The van der Waals surface area contributed by atoms with Gasteiger partial charge in [-0.05, 0) is 43.5 Å². The van der Waals surface area contributed by atoms with E-state index >= 15 is 0 Å². The Balaban J connectivity index is 2.06. The highest BCUT2D eigenvalue weighted by Crippen LogP contribution is 2.24. The van der Waals surface area contributed by atoms with E-state index in [1.54, 1.807) is 0 Å². The Labute approximate surface area is 123 Å². The molecule has 1 aliphatic heterocycles. The zero-order chi connectivity index (χ0) is 14.4. The maximum absolute atomic E-state index is 5.66. The summed E-state index contributed by atoms with van der Waals surface area (Å²) in [5, 5.41) is 3.64. The minimum atomic E-state index is 0.597. The Hall–Kier alpha value is -1.22. The van der Waals surface area contributed by atoms with Crippen molar-refractivity contribution in [2.24, 2.45) is 0 Å². The molecule has 2 rings (SSSR count). The summed E-state index contributed by atoms with van der Waals surface area (Å²) in [6.45, 7) is 9.63. The summed E-state index contributed by atoms with van der Waals surface area (Å²) in [5.74, 6) is 0.978. The van der Waals surface area contributed by atoms with Crippen molar-refractivity contribution < 1.29 is 4.74 Å². The van der Waals surface area contributed by atoms with Gasteiger partial charge >= 0.3 is 0 Å². The van der Waals surface area contributed by atoms with E-state index in [-0.39, 0.29) is 0 Å². The van der Waals surface area contributed by atoms with E-state index in [0.717, 1.165) is 31.9 Å². The lowest BCUT2D eigenvalue weighted by molar-refractivity contribution is 0.317. The van der Waals surface area contributed by atoms with Gasteiger partial charge in [-0.3, -0.25) is 0 Å². The van der Waals surface area contributed by atoms with Gasteiger partial charge in [0.2, 0.25) is 0 Å². The summed E-state index contributed by atoms with van der Waals surface area (Å²) in [6, 6.07) is 9.80. The average Bonchev–Trinajstić information content (AvgIpc) is 2.52. The van der Waals surface area contributed by atoms with Crippen LogP contribution < -0.4 is 15.0 Å². The summed E-state index contributed by atoms with van der Waals surface area (Å²) in [7, 11) is 0. The first-order valence-electron chi connectivity index (χ1n) is 8.01. The molecular weight excluding hydrogens is 248 g/mol. The number of hydrogen-bond acceptors (Lipinski definition) is 3. The minimum Gasteiger partial charge on any atom is -0.494 e. The predicted molar refractivity (Wildman–Crippen MR) is 85.7 cm³/mol. The van der Waals surface area contributed by atoms with E-state index in [0.29, 0.717) is 12.1 Å². The predicted octanol–water partition coefficient (Wildman–Crippen LogP) is 3.44. The van der Waals surface area contributed by atoms with Crippen LogP contribution in [0.4, 0.5) is 5.69 Å². The maximum Gasteiger partial charge on any atom is 0.119 e. The normalized spacial score (nSPS) is 22.9. The fourth-order valence-corrected chi connectivity index (χ4v) is 2.77. The van der Waals surface area contributed by atoms with Crippen molar-refractivity contribution in [1.29, 1.82) is 0 Å². The van der Waals surface area contributed by atoms with E-state index in [2.05, 4.69) is 55.3 Å². The third-order valence-electron chi connectivity index (χ3n) is 4.11. The number of piperazine rings is 1. The van der Waals surface area contributed by atoms with Gasteiger partial charge in [-0.2, -0.15) is 0 Å². The first-order chi connectivity index (χ1) is 9.78. The molecule has 0 radical (unpaired) electrons. The third kappa shape index (κ3) is 3.66. The molecular formula is C17H28N2O. The molecule has 3 heteroatoms. The van der Waals surface area contributed by atoms with Crippen molar-refractivity contribution in [1.82, 2.24) is 5.32 Å². The first kappa shape index (κ1) is 15.2. The molecule has 1 N–H and O–H groups in total. The highest BCUT2D eigenvalue weighted by atomic mass is 16.5. The van der Waals surface area contributed by atoms with Crippen LogP contribution in [0.15, 0.2) is 24.3 Å². The molecule has 1 fully saturated rings. The number of anilines is 1. The molecule has 3 nitrogen and oxygen atoms in total. The molecule has 20 heavy (non-hydrogen) atoms. The molecule has 2 atom stereocenters. The Morgan fingerprint density at radius 1 is 1.15 bits per heavy atom. The van der Waals surface area contributed by atoms with Gasteiger partial charge in [-0.1, -0.05) is 20.8 Å². The summed E-state index contributed by atoms with van der Waals surface area (Å²) >= 11 is 0. The van der Waals surface area contributed by atoms with Crippen molar-refractivity contribution in [3.8, 4) is 5.75 Å². The quantitative estimate of drug-likeness (QED) is 0.861. The van der Waals surface area contributed by atoms with Crippen molar-refractivity contribution >= 4 is 5.69 Å². The maximum atomic E-state index is 5.66. The molecule has 0 spiro atoms. The minimum absolute atomic E-state index is 0.597. The summed E-state index contributed by atoms with van der Waals surface area (Å²) in [5.41, 5.74) is 1.32. The Kier molecular flexibility index (Phi) is 5.72. The van der Waals surface area contributed by atoms with Crippen molar-refractivity contribution in [3.05, 3.63) is 24.3 Å². The van der Waals surface area contributed by atoms with Gasteiger partial charge < -0.3 is 15.0 Å². The van der Waals surface area contributed by atoms with Crippen molar-refractivity contribution in [3.63, 3.8) is 0 Å². The summed E-state index contributed by atoms with van der Waals surface area (Å²) in [6.07, 6.45) is 3.41. The third-order valence-corrected chi connectivity index (χ3v) is 4.11. The second-order valence-corrected chi connectivity index (χ2v) is 5.57. The molecule has 1 aromatic rings. The van der Waals surface area contributed by atoms with Gasteiger partial charge in [0.15, 0.2) is 0 Å². The van der Waals surface area contributed by atoms with Crippen LogP contribution in [0, 0.1) is 0 Å². The van der Waals surface area contributed by atoms with Crippen LogP contribution in [0.2, 0.25) is 0 Å². The summed E-state index contributed by atoms with van der Waals surface area (Å²) in [4.78, 5) is 2.55. The topological polar surface area (TPSA) is 24.5 Å². The van der Waals surface area contributed by atoms with Crippen LogP contribution in [0.1, 0.15) is 40.0 Å². The number of nitrogens with zero attached hydrogens (tertiary/aromatic N) is 1. The van der Waals surface area contributed by atoms with Crippen LogP contribution in [-0.4, -0.2) is 31.8 Å². The molecule has 2 unspecified atom stereocenters. The molecule has 0 aromatic heterocycles. The molecule has 0 aliphatic carbocycles.